The smallest absolute Gasteiger partial charge is 0.00931 e. The Hall–Kier alpha value is -0.300. The Bertz CT molecular complexity index is 162. The van der Waals surface area contributed by atoms with Crippen molar-refractivity contribution in [2.24, 2.45) is 5.92 Å². The van der Waals surface area contributed by atoms with E-state index in [2.05, 4.69) is 32.3 Å². The Labute approximate surface area is 76.5 Å². The van der Waals surface area contributed by atoms with Gasteiger partial charge in [0.25, 0.3) is 0 Å². The van der Waals surface area contributed by atoms with Gasteiger partial charge in [0.2, 0.25) is 0 Å². The summed E-state index contributed by atoms with van der Waals surface area (Å²) in [6.45, 7) is 13.2. The Balaban J connectivity index is 2.29. The van der Waals surface area contributed by atoms with Crippen LogP contribution < -0.4 is 0 Å². The summed E-state index contributed by atoms with van der Waals surface area (Å²) in [5, 5.41) is 0. The van der Waals surface area contributed by atoms with Crippen molar-refractivity contribution in [1.29, 1.82) is 0 Å². The molecule has 0 amide bonds. The van der Waals surface area contributed by atoms with Gasteiger partial charge in [0, 0.05) is 12.6 Å². The lowest BCUT2D eigenvalue weighted by molar-refractivity contribution is 0.250. The van der Waals surface area contributed by atoms with Crippen LogP contribution in [0.1, 0.15) is 33.6 Å². The number of likely N-dealkylation sites (tertiary alicyclic amines) is 1. The lowest BCUT2D eigenvalue weighted by Crippen LogP contribution is -2.30. The van der Waals surface area contributed by atoms with Crippen molar-refractivity contribution in [3.05, 3.63) is 12.2 Å². The lowest BCUT2D eigenvalue weighted by Gasteiger charge is -2.22. The molecular formula is C11H21N. The van der Waals surface area contributed by atoms with E-state index in [9.17, 15) is 0 Å². The number of nitrogens with zero attached hydrogens (tertiary/aromatic N) is 1. The highest BCUT2D eigenvalue weighted by Crippen LogP contribution is 2.23. The first-order valence-electron chi connectivity index (χ1n) is 4.99. The molecule has 0 saturated carbocycles. The van der Waals surface area contributed by atoms with Crippen LogP contribution in [-0.2, 0) is 0 Å². The third kappa shape index (κ3) is 2.34. The van der Waals surface area contributed by atoms with Crippen molar-refractivity contribution >= 4 is 0 Å². The molecule has 1 aliphatic heterocycles. The minimum Gasteiger partial charge on any atom is -0.300 e. The van der Waals surface area contributed by atoms with Gasteiger partial charge in [-0.2, -0.15) is 0 Å². The van der Waals surface area contributed by atoms with Gasteiger partial charge < -0.3 is 4.90 Å². The normalized spacial score (nSPS) is 30.9. The largest absolute Gasteiger partial charge is 0.300 e. The predicted molar refractivity (Wildman–Crippen MR) is 54.2 cm³/mol. The van der Waals surface area contributed by atoms with Crippen LogP contribution in [0.15, 0.2) is 12.2 Å². The minimum atomic E-state index is 0.782. The average Bonchev–Trinajstić information content (AvgIpc) is 2.30. The molecule has 0 aromatic heterocycles. The third-order valence-electron chi connectivity index (χ3n) is 3.10. The average molecular weight is 167 g/mol. The fourth-order valence-electron chi connectivity index (χ4n) is 1.82. The van der Waals surface area contributed by atoms with E-state index in [1.165, 1.54) is 25.1 Å². The summed E-state index contributed by atoms with van der Waals surface area (Å²) in [5.41, 5.74) is 1.31. The second kappa shape index (κ2) is 4.08. The van der Waals surface area contributed by atoms with Crippen molar-refractivity contribution in [2.75, 3.05) is 13.1 Å². The molecule has 0 aromatic carbocycles. The van der Waals surface area contributed by atoms with Crippen LogP contribution in [0.3, 0.4) is 0 Å². The quantitative estimate of drug-likeness (QED) is 0.584. The molecule has 1 aliphatic rings. The summed E-state index contributed by atoms with van der Waals surface area (Å²) in [7, 11) is 0. The van der Waals surface area contributed by atoms with E-state index in [0.29, 0.717) is 0 Å². The molecule has 70 valence electrons. The Kier molecular flexibility index (Phi) is 3.33. The van der Waals surface area contributed by atoms with E-state index in [1.807, 2.05) is 0 Å². The molecule has 2 atom stereocenters. The van der Waals surface area contributed by atoms with Gasteiger partial charge in [-0.25, -0.2) is 0 Å². The Morgan fingerprint density at radius 2 is 2.17 bits per heavy atom. The summed E-state index contributed by atoms with van der Waals surface area (Å²) in [6, 6.07) is 0.782. The van der Waals surface area contributed by atoms with E-state index in [-0.39, 0.29) is 0 Å². The van der Waals surface area contributed by atoms with Crippen LogP contribution in [0.25, 0.3) is 0 Å². The lowest BCUT2D eigenvalue weighted by atomic mass is 10.1. The second-order valence-electron chi connectivity index (χ2n) is 4.25. The molecule has 0 bridgehead atoms. The fourth-order valence-corrected chi connectivity index (χ4v) is 1.82. The second-order valence-corrected chi connectivity index (χ2v) is 4.25. The zero-order valence-electron chi connectivity index (χ0n) is 8.64. The first-order chi connectivity index (χ1) is 5.61. The van der Waals surface area contributed by atoms with Gasteiger partial charge in [0.1, 0.15) is 0 Å². The van der Waals surface area contributed by atoms with Gasteiger partial charge in [0.05, 0.1) is 0 Å². The van der Waals surface area contributed by atoms with Crippen molar-refractivity contribution < 1.29 is 0 Å². The summed E-state index contributed by atoms with van der Waals surface area (Å²) in [6.07, 6.45) is 2.54. The molecule has 0 spiro atoms. The van der Waals surface area contributed by atoms with Gasteiger partial charge >= 0.3 is 0 Å². The molecule has 0 N–H and O–H groups in total. The van der Waals surface area contributed by atoms with Crippen LogP contribution in [0.4, 0.5) is 0 Å². The van der Waals surface area contributed by atoms with Crippen molar-refractivity contribution in [3.63, 3.8) is 0 Å². The molecule has 1 heterocycles. The maximum absolute atomic E-state index is 3.93. The minimum absolute atomic E-state index is 0.782. The molecule has 1 nitrogen and oxygen atoms in total. The molecule has 1 fully saturated rings. The molecule has 1 heteroatoms. The molecule has 12 heavy (non-hydrogen) atoms. The van der Waals surface area contributed by atoms with Gasteiger partial charge in [-0.05, 0) is 39.2 Å². The SMILES string of the molecule is C=C(C)CCN1CCC(C)C1C. The summed E-state index contributed by atoms with van der Waals surface area (Å²) in [4.78, 5) is 2.58. The topological polar surface area (TPSA) is 3.24 Å². The monoisotopic (exact) mass is 167 g/mol. The highest BCUT2D eigenvalue weighted by molar-refractivity contribution is 4.91. The van der Waals surface area contributed by atoms with Crippen LogP contribution in [-0.4, -0.2) is 24.0 Å². The first kappa shape index (κ1) is 9.79. The fraction of sp³-hybridized carbons (Fsp3) is 0.818. The summed E-state index contributed by atoms with van der Waals surface area (Å²) >= 11 is 0. The van der Waals surface area contributed by atoms with Crippen LogP contribution >= 0.6 is 0 Å². The highest BCUT2D eigenvalue weighted by atomic mass is 15.2. The van der Waals surface area contributed by atoms with E-state index in [4.69, 9.17) is 0 Å². The van der Waals surface area contributed by atoms with E-state index in [0.717, 1.165) is 18.4 Å². The Morgan fingerprint density at radius 3 is 2.58 bits per heavy atom. The summed E-state index contributed by atoms with van der Waals surface area (Å²) < 4.78 is 0. The van der Waals surface area contributed by atoms with Gasteiger partial charge in [-0.3, -0.25) is 0 Å². The molecule has 0 aliphatic carbocycles. The van der Waals surface area contributed by atoms with Crippen molar-refractivity contribution in [1.82, 2.24) is 4.90 Å². The van der Waals surface area contributed by atoms with Gasteiger partial charge in [-0.1, -0.05) is 12.5 Å². The van der Waals surface area contributed by atoms with Crippen LogP contribution in [0, 0.1) is 5.92 Å². The number of hydrogen-bond donors (Lipinski definition) is 0. The summed E-state index contributed by atoms with van der Waals surface area (Å²) in [5.74, 6) is 0.884. The molecule has 1 saturated heterocycles. The maximum atomic E-state index is 3.93. The van der Waals surface area contributed by atoms with Gasteiger partial charge in [-0.15, -0.1) is 6.58 Å². The molecule has 2 unspecified atom stereocenters. The Morgan fingerprint density at radius 1 is 1.50 bits per heavy atom. The zero-order chi connectivity index (χ0) is 9.14. The van der Waals surface area contributed by atoms with E-state index < -0.39 is 0 Å². The van der Waals surface area contributed by atoms with Crippen molar-refractivity contribution in [3.8, 4) is 0 Å². The van der Waals surface area contributed by atoms with Crippen LogP contribution in [0.2, 0.25) is 0 Å². The van der Waals surface area contributed by atoms with E-state index >= 15 is 0 Å². The highest BCUT2D eigenvalue weighted by Gasteiger charge is 2.26. The predicted octanol–water partition coefficient (Wildman–Crippen LogP) is 2.68. The maximum Gasteiger partial charge on any atom is 0.00931 e. The van der Waals surface area contributed by atoms with Crippen LogP contribution in [0.5, 0.6) is 0 Å². The standard InChI is InChI=1S/C11H21N/c1-9(2)5-7-12-8-6-10(3)11(12)4/h10-11H,1,5-8H2,2-4H3. The zero-order valence-corrected chi connectivity index (χ0v) is 8.64. The molecular weight excluding hydrogens is 146 g/mol. The van der Waals surface area contributed by atoms with Gasteiger partial charge in [0.15, 0.2) is 0 Å². The molecule has 0 aromatic rings. The number of rotatable bonds is 3. The molecule has 1 rings (SSSR count). The third-order valence-corrected chi connectivity index (χ3v) is 3.10. The number of hydrogen-bond acceptors (Lipinski definition) is 1. The molecule has 0 radical (unpaired) electrons. The van der Waals surface area contributed by atoms with Crippen molar-refractivity contribution in [2.45, 2.75) is 39.7 Å². The first-order valence-corrected chi connectivity index (χ1v) is 4.99. The van der Waals surface area contributed by atoms with E-state index in [1.54, 1.807) is 0 Å².